The van der Waals surface area contributed by atoms with E-state index in [4.69, 9.17) is 19.9 Å². The zero-order valence-electron chi connectivity index (χ0n) is 13.4. The van der Waals surface area contributed by atoms with Crippen LogP contribution in [0.2, 0.25) is 0 Å². The van der Waals surface area contributed by atoms with Crippen molar-refractivity contribution in [3.63, 3.8) is 0 Å². The zero-order valence-corrected chi connectivity index (χ0v) is 13.4. The number of fused-ring (bicyclic) bond motifs is 2. The third-order valence-electron chi connectivity index (χ3n) is 3.89. The summed E-state index contributed by atoms with van der Waals surface area (Å²) in [6, 6.07) is 6.41. The van der Waals surface area contributed by atoms with E-state index in [2.05, 4.69) is 4.98 Å². The van der Waals surface area contributed by atoms with Crippen LogP contribution < -0.4 is 25.4 Å². The van der Waals surface area contributed by atoms with Crippen LogP contribution in [0.25, 0.3) is 21.8 Å². The Kier molecular flexibility index (Phi) is 3.76. The van der Waals surface area contributed by atoms with E-state index < -0.39 is 5.91 Å². The summed E-state index contributed by atoms with van der Waals surface area (Å²) < 4.78 is 16.0. The fourth-order valence-electron chi connectivity index (χ4n) is 2.83. The molecule has 0 saturated heterocycles. The van der Waals surface area contributed by atoms with E-state index in [1.165, 1.54) is 21.3 Å². The Morgan fingerprint density at radius 2 is 1.79 bits per heavy atom. The fraction of sp³-hybridized carbons (Fsp3) is 0.176. The maximum atomic E-state index is 13.0. The molecule has 3 aromatic rings. The Morgan fingerprint density at radius 3 is 2.38 bits per heavy atom. The molecule has 3 N–H and O–H groups in total. The number of hydrogen-bond acceptors (Lipinski definition) is 5. The number of amides is 1. The van der Waals surface area contributed by atoms with Crippen LogP contribution in [0.15, 0.2) is 29.1 Å². The molecule has 0 aliphatic carbocycles. The highest BCUT2D eigenvalue weighted by molar-refractivity contribution is 6.08. The summed E-state index contributed by atoms with van der Waals surface area (Å²) in [5.41, 5.74) is 6.17. The molecule has 7 heteroatoms. The molecule has 1 heterocycles. The molecule has 3 rings (SSSR count). The molecule has 0 atom stereocenters. The van der Waals surface area contributed by atoms with Gasteiger partial charge in [0.1, 0.15) is 0 Å². The summed E-state index contributed by atoms with van der Waals surface area (Å²) in [6.07, 6.45) is 0. The van der Waals surface area contributed by atoms with Gasteiger partial charge < -0.3 is 24.9 Å². The molecule has 1 aromatic heterocycles. The number of aromatic amines is 1. The van der Waals surface area contributed by atoms with Crippen LogP contribution in [0.4, 0.5) is 0 Å². The lowest BCUT2D eigenvalue weighted by molar-refractivity contribution is 0.100. The molecule has 2 aromatic carbocycles. The van der Waals surface area contributed by atoms with Crippen LogP contribution >= 0.6 is 0 Å². The van der Waals surface area contributed by atoms with Gasteiger partial charge in [-0.1, -0.05) is 6.07 Å². The van der Waals surface area contributed by atoms with Crippen LogP contribution in [-0.2, 0) is 0 Å². The SMILES string of the molecule is COc1cc2[nH]c3c(C(N)=O)cccc3c(=O)c2c(OC)c1OC. The van der Waals surface area contributed by atoms with Gasteiger partial charge in [-0.25, -0.2) is 0 Å². The normalized spacial score (nSPS) is 10.8. The number of primary amides is 1. The van der Waals surface area contributed by atoms with E-state index >= 15 is 0 Å². The van der Waals surface area contributed by atoms with E-state index in [1.54, 1.807) is 24.3 Å². The molecule has 1 amide bonds. The first kappa shape index (κ1) is 15.7. The number of methoxy groups -OCH3 is 3. The van der Waals surface area contributed by atoms with E-state index in [0.717, 1.165) is 0 Å². The smallest absolute Gasteiger partial charge is 0.250 e. The molecule has 0 unspecified atom stereocenters. The van der Waals surface area contributed by atoms with Gasteiger partial charge in [0.25, 0.3) is 5.91 Å². The number of carbonyl (C=O) groups is 1. The Labute approximate surface area is 136 Å². The Morgan fingerprint density at radius 1 is 1.08 bits per heavy atom. The van der Waals surface area contributed by atoms with Gasteiger partial charge in [-0.15, -0.1) is 0 Å². The first-order valence-corrected chi connectivity index (χ1v) is 7.11. The number of nitrogens with two attached hydrogens (primary N) is 1. The van der Waals surface area contributed by atoms with Crippen molar-refractivity contribution in [3.8, 4) is 17.2 Å². The van der Waals surface area contributed by atoms with Gasteiger partial charge >= 0.3 is 0 Å². The van der Waals surface area contributed by atoms with Gasteiger partial charge in [0, 0.05) is 11.5 Å². The number of benzene rings is 2. The first-order valence-electron chi connectivity index (χ1n) is 7.11. The van der Waals surface area contributed by atoms with Gasteiger partial charge in [0.05, 0.1) is 43.3 Å². The molecular weight excluding hydrogens is 312 g/mol. The third-order valence-corrected chi connectivity index (χ3v) is 3.89. The van der Waals surface area contributed by atoms with Gasteiger partial charge in [-0.05, 0) is 12.1 Å². The first-order chi connectivity index (χ1) is 11.5. The zero-order chi connectivity index (χ0) is 17.4. The van der Waals surface area contributed by atoms with Crippen molar-refractivity contribution in [3.05, 3.63) is 40.1 Å². The summed E-state index contributed by atoms with van der Waals surface area (Å²) in [4.78, 5) is 27.7. The van der Waals surface area contributed by atoms with Crippen LogP contribution in [-0.4, -0.2) is 32.2 Å². The number of rotatable bonds is 4. The van der Waals surface area contributed by atoms with Crippen molar-refractivity contribution in [1.29, 1.82) is 0 Å². The van der Waals surface area contributed by atoms with Gasteiger partial charge in [0.2, 0.25) is 11.2 Å². The largest absolute Gasteiger partial charge is 0.493 e. The number of H-pyrrole nitrogens is 1. The standard InChI is InChI=1S/C17H16N2O5/c1-22-11-7-10-12(16(24-3)15(11)23-2)14(20)8-5-4-6-9(17(18)21)13(8)19-10/h4-7H,1-3H3,(H2,18,21)(H,19,20). The van der Waals surface area contributed by atoms with Crippen LogP contribution in [0, 0.1) is 0 Å². The monoisotopic (exact) mass is 328 g/mol. The number of aromatic nitrogens is 1. The van der Waals surface area contributed by atoms with Crippen molar-refractivity contribution < 1.29 is 19.0 Å². The number of hydrogen-bond donors (Lipinski definition) is 2. The molecule has 0 spiro atoms. The average molecular weight is 328 g/mol. The minimum atomic E-state index is -0.622. The van der Waals surface area contributed by atoms with Crippen molar-refractivity contribution in [2.24, 2.45) is 5.73 Å². The van der Waals surface area contributed by atoms with Crippen molar-refractivity contribution in [2.45, 2.75) is 0 Å². The topological polar surface area (TPSA) is 104 Å². The number of pyridine rings is 1. The summed E-state index contributed by atoms with van der Waals surface area (Å²) >= 11 is 0. The van der Waals surface area contributed by atoms with E-state index in [0.29, 0.717) is 33.3 Å². The molecule has 0 aliphatic heterocycles. The highest BCUT2D eigenvalue weighted by Crippen LogP contribution is 2.42. The Balaban J connectivity index is 2.58. The molecule has 0 radical (unpaired) electrons. The molecule has 124 valence electrons. The number of nitrogens with one attached hydrogen (secondary N) is 1. The van der Waals surface area contributed by atoms with Crippen molar-refractivity contribution >= 4 is 27.7 Å². The summed E-state index contributed by atoms with van der Waals surface area (Å²) in [5, 5.41) is 0.647. The second-order valence-electron chi connectivity index (χ2n) is 5.11. The molecule has 0 fully saturated rings. The molecular formula is C17H16N2O5. The van der Waals surface area contributed by atoms with Crippen LogP contribution in [0.1, 0.15) is 10.4 Å². The minimum Gasteiger partial charge on any atom is -0.493 e. The molecule has 0 bridgehead atoms. The van der Waals surface area contributed by atoms with Crippen molar-refractivity contribution in [2.75, 3.05) is 21.3 Å². The lowest BCUT2D eigenvalue weighted by Gasteiger charge is -2.15. The maximum Gasteiger partial charge on any atom is 0.250 e. The Bertz CT molecular complexity index is 1020. The van der Waals surface area contributed by atoms with E-state index in [9.17, 15) is 9.59 Å². The van der Waals surface area contributed by atoms with Gasteiger partial charge in [-0.3, -0.25) is 9.59 Å². The lowest BCUT2D eigenvalue weighted by atomic mass is 10.0. The van der Waals surface area contributed by atoms with Crippen molar-refractivity contribution in [1.82, 2.24) is 4.98 Å². The number of para-hydroxylation sites is 1. The second-order valence-corrected chi connectivity index (χ2v) is 5.11. The molecule has 0 aliphatic rings. The highest BCUT2D eigenvalue weighted by Gasteiger charge is 2.21. The summed E-state index contributed by atoms with van der Waals surface area (Å²) in [7, 11) is 4.39. The fourth-order valence-corrected chi connectivity index (χ4v) is 2.83. The lowest BCUT2D eigenvalue weighted by Crippen LogP contribution is -2.14. The number of carbonyl (C=O) groups excluding carboxylic acids is 1. The van der Waals surface area contributed by atoms with Crippen LogP contribution in [0.3, 0.4) is 0 Å². The molecule has 7 nitrogen and oxygen atoms in total. The molecule has 0 saturated carbocycles. The highest BCUT2D eigenvalue weighted by atomic mass is 16.5. The number of ether oxygens (including phenoxy) is 3. The van der Waals surface area contributed by atoms with E-state index in [-0.39, 0.29) is 16.7 Å². The van der Waals surface area contributed by atoms with Gasteiger partial charge in [0.15, 0.2) is 11.5 Å². The summed E-state index contributed by atoms with van der Waals surface area (Å²) in [6.45, 7) is 0. The quantitative estimate of drug-likeness (QED) is 0.711. The average Bonchev–Trinajstić information content (AvgIpc) is 2.59. The predicted molar refractivity (Wildman–Crippen MR) is 90.2 cm³/mol. The van der Waals surface area contributed by atoms with Gasteiger partial charge in [-0.2, -0.15) is 0 Å². The van der Waals surface area contributed by atoms with Crippen LogP contribution in [0.5, 0.6) is 17.2 Å². The third kappa shape index (κ3) is 2.13. The minimum absolute atomic E-state index is 0.236. The summed E-state index contributed by atoms with van der Waals surface area (Å²) in [5.74, 6) is 0.360. The molecule has 24 heavy (non-hydrogen) atoms. The predicted octanol–water partition coefficient (Wildman–Crippen LogP) is 1.81. The Hall–Kier alpha value is -3.22. The van der Waals surface area contributed by atoms with E-state index in [1.807, 2.05) is 0 Å². The maximum absolute atomic E-state index is 13.0. The second kappa shape index (κ2) is 5.77.